The van der Waals surface area contributed by atoms with Crippen molar-refractivity contribution < 1.29 is 18.3 Å². The summed E-state index contributed by atoms with van der Waals surface area (Å²) in [6.07, 6.45) is 0.476. The first-order chi connectivity index (χ1) is 9.07. The lowest BCUT2D eigenvalue weighted by molar-refractivity contribution is 0.199. The minimum atomic E-state index is -3.26. The minimum Gasteiger partial charge on any atom is -0.385 e. The molecule has 19 heavy (non-hydrogen) atoms. The number of sulfonamides is 1. The summed E-state index contributed by atoms with van der Waals surface area (Å²) in [5, 5.41) is 10.4. The van der Waals surface area contributed by atoms with Crippen molar-refractivity contribution in [2.45, 2.75) is 13.0 Å². The summed E-state index contributed by atoms with van der Waals surface area (Å²) in [4.78, 5) is 0.887. The van der Waals surface area contributed by atoms with E-state index in [1.165, 1.54) is 11.3 Å². The van der Waals surface area contributed by atoms with Crippen LogP contribution in [0.4, 0.5) is 0 Å². The van der Waals surface area contributed by atoms with Crippen LogP contribution < -0.4 is 4.72 Å². The van der Waals surface area contributed by atoms with Crippen LogP contribution in [-0.2, 0) is 21.3 Å². The molecule has 0 unspecified atom stereocenters. The highest BCUT2D eigenvalue weighted by Crippen LogP contribution is 2.13. The van der Waals surface area contributed by atoms with Gasteiger partial charge in [-0.2, -0.15) is 0 Å². The predicted octanol–water partition coefficient (Wildman–Crippen LogP) is 0.548. The van der Waals surface area contributed by atoms with Crippen molar-refractivity contribution in [1.82, 2.24) is 4.72 Å². The molecule has 1 rings (SSSR count). The molecular weight excluding hydrogens is 286 g/mol. The maximum Gasteiger partial charge on any atom is 0.212 e. The molecule has 2 N–H and O–H groups in total. The molecule has 1 aromatic rings. The second-order valence-corrected chi connectivity index (χ2v) is 6.67. The third kappa shape index (κ3) is 6.71. The van der Waals surface area contributed by atoms with E-state index in [2.05, 4.69) is 16.6 Å². The lowest BCUT2D eigenvalue weighted by Gasteiger charge is -2.04. The van der Waals surface area contributed by atoms with Crippen LogP contribution in [0.3, 0.4) is 0 Å². The van der Waals surface area contributed by atoms with Gasteiger partial charge in [0.15, 0.2) is 0 Å². The Morgan fingerprint density at radius 1 is 1.53 bits per heavy atom. The summed E-state index contributed by atoms with van der Waals surface area (Å²) in [5.74, 6) is 5.37. The van der Waals surface area contributed by atoms with Crippen molar-refractivity contribution in [3.8, 4) is 11.8 Å². The number of nitrogens with one attached hydrogen (secondary N) is 1. The maximum atomic E-state index is 11.6. The second kappa shape index (κ2) is 8.30. The first-order valence-electron chi connectivity index (χ1n) is 5.71. The number of hydrogen-bond donors (Lipinski definition) is 2. The quantitative estimate of drug-likeness (QED) is 0.570. The van der Waals surface area contributed by atoms with E-state index in [4.69, 9.17) is 9.84 Å². The molecular formula is C12H17NO4S2. The van der Waals surface area contributed by atoms with Crippen LogP contribution in [0, 0.1) is 11.8 Å². The Bertz CT molecular complexity index is 540. The summed E-state index contributed by atoms with van der Waals surface area (Å²) in [5.41, 5.74) is 0.785. The number of ether oxygens (including phenoxy) is 1. The molecule has 0 aliphatic carbocycles. The third-order valence-electron chi connectivity index (χ3n) is 2.19. The molecule has 0 aliphatic rings. The van der Waals surface area contributed by atoms with E-state index in [9.17, 15) is 8.42 Å². The topological polar surface area (TPSA) is 75.6 Å². The molecule has 106 valence electrons. The molecule has 5 nitrogen and oxygen atoms in total. The van der Waals surface area contributed by atoms with Gasteiger partial charge in [-0.1, -0.05) is 11.8 Å². The SMILES string of the molecule is COCCCS(=O)(=O)NCc1cc(C#CCO)cs1. The van der Waals surface area contributed by atoms with E-state index in [0.717, 1.165) is 10.4 Å². The van der Waals surface area contributed by atoms with Gasteiger partial charge in [0.1, 0.15) is 6.61 Å². The largest absolute Gasteiger partial charge is 0.385 e. The fraction of sp³-hybridized carbons (Fsp3) is 0.500. The van der Waals surface area contributed by atoms with Gasteiger partial charge in [-0.3, -0.25) is 0 Å². The van der Waals surface area contributed by atoms with Gasteiger partial charge < -0.3 is 9.84 Å². The lowest BCUT2D eigenvalue weighted by Crippen LogP contribution is -2.26. The summed E-state index contributed by atoms with van der Waals surface area (Å²) in [6, 6.07) is 1.81. The zero-order valence-corrected chi connectivity index (χ0v) is 12.3. The highest BCUT2D eigenvalue weighted by Gasteiger charge is 2.10. The van der Waals surface area contributed by atoms with E-state index in [-0.39, 0.29) is 18.9 Å². The molecule has 0 aliphatic heterocycles. The van der Waals surface area contributed by atoms with Gasteiger partial charge in [-0.15, -0.1) is 11.3 Å². The standard InChI is InChI=1S/C12H17NO4S2/c1-17-6-3-7-19(15,16)13-9-12-8-11(10-18-12)4-2-5-14/h8,10,13-14H,3,5-7,9H2,1H3. The van der Waals surface area contributed by atoms with Gasteiger partial charge >= 0.3 is 0 Å². The monoisotopic (exact) mass is 303 g/mol. The van der Waals surface area contributed by atoms with Crippen LogP contribution in [0.1, 0.15) is 16.9 Å². The predicted molar refractivity (Wildman–Crippen MR) is 75.4 cm³/mol. The highest BCUT2D eigenvalue weighted by molar-refractivity contribution is 7.89. The van der Waals surface area contributed by atoms with E-state index in [1.807, 2.05) is 11.4 Å². The van der Waals surface area contributed by atoms with Gasteiger partial charge in [0.25, 0.3) is 0 Å². The van der Waals surface area contributed by atoms with Crippen molar-refractivity contribution in [3.63, 3.8) is 0 Å². The summed E-state index contributed by atoms with van der Waals surface area (Å²) < 4.78 is 30.6. The van der Waals surface area contributed by atoms with Gasteiger partial charge in [-0.25, -0.2) is 13.1 Å². The first-order valence-corrected chi connectivity index (χ1v) is 8.24. The van der Waals surface area contributed by atoms with Gasteiger partial charge in [0.05, 0.1) is 5.75 Å². The Kier molecular flexibility index (Phi) is 7.05. The van der Waals surface area contributed by atoms with E-state index >= 15 is 0 Å². The van der Waals surface area contributed by atoms with Gasteiger partial charge in [0, 0.05) is 36.1 Å². The van der Waals surface area contributed by atoms with Gasteiger partial charge in [-0.05, 0) is 12.5 Å². The summed E-state index contributed by atoms with van der Waals surface area (Å²) >= 11 is 1.43. The van der Waals surface area contributed by atoms with Crippen molar-refractivity contribution in [2.24, 2.45) is 0 Å². The molecule has 0 atom stereocenters. The molecule has 0 aromatic carbocycles. The van der Waals surface area contributed by atoms with Crippen molar-refractivity contribution in [2.75, 3.05) is 26.1 Å². The van der Waals surface area contributed by atoms with Crippen molar-refractivity contribution >= 4 is 21.4 Å². The molecule has 1 aromatic heterocycles. The number of hydrogen-bond acceptors (Lipinski definition) is 5. The average molecular weight is 303 g/mol. The Morgan fingerprint density at radius 3 is 3.00 bits per heavy atom. The maximum absolute atomic E-state index is 11.6. The third-order valence-corrected chi connectivity index (χ3v) is 4.54. The van der Waals surface area contributed by atoms with Crippen LogP contribution >= 0.6 is 11.3 Å². The smallest absolute Gasteiger partial charge is 0.212 e. The Balaban J connectivity index is 2.45. The number of aliphatic hydroxyl groups excluding tert-OH is 1. The van der Waals surface area contributed by atoms with Crippen molar-refractivity contribution in [3.05, 3.63) is 21.9 Å². The van der Waals surface area contributed by atoms with Crippen molar-refractivity contribution in [1.29, 1.82) is 0 Å². The van der Waals surface area contributed by atoms with Crippen LogP contribution in [0.15, 0.2) is 11.4 Å². The number of rotatable bonds is 7. The number of thiophene rings is 1. The first kappa shape index (κ1) is 16.1. The van der Waals surface area contributed by atoms with Crippen LogP contribution in [-0.4, -0.2) is 39.6 Å². The summed E-state index contributed by atoms with van der Waals surface area (Å²) in [6.45, 7) is 0.513. The molecule has 1 heterocycles. The molecule has 7 heteroatoms. The van der Waals surface area contributed by atoms with E-state index < -0.39 is 10.0 Å². The van der Waals surface area contributed by atoms with Gasteiger partial charge in [0.2, 0.25) is 10.0 Å². The Morgan fingerprint density at radius 2 is 2.32 bits per heavy atom. The van der Waals surface area contributed by atoms with Crippen LogP contribution in [0.2, 0.25) is 0 Å². The molecule has 0 saturated carbocycles. The minimum absolute atomic E-state index is 0.0589. The highest BCUT2D eigenvalue weighted by atomic mass is 32.2. The average Bonchev–Trinajstić information content (AvgIpc) is 2.82. The Labute approximate surface area is 117 Å². The molecule has 0 fully saturated rings. The van der Waals surface area contributed by atoms with Crippen LogP contribution in [0.25, 0.3) is 0 Å². The Hall–Kier alpha value is -0.910. The molecule has 0 spiro atoms. The molecule has 0 amide bonds. The second-order valence-electron chi connectivity index (χ2n) is 3.75. The molecule has 0 bridgehead atoms. The zero-order chi connectivity index (χ0) is 14.1. The van der Waals surface area contributed by atoms with Crippen LogP contribution in [0.5, 0.6) is 0 Å². The number of aliphatic hydroxyl groups is 1. The lowest BCUT2D eigenvalue weighted by atomic mass is 10.3. The normalized spacial score (nSPS) is 11.1. The molecule has 0 radical (unpaired) electrons. The zero-order valence-electron chi connectivity index (χ0n) is 10.7. The fourth-order valence-corrected chi connectivity index (χ4v) is 3.19. The van der Waals surface area contributed by atoms with E-state index in [0.29, 0.717) is 13.0 Å². The van der Waals surface area contributed by atoms with E-state index in [1.54, 1.807) is 7.11 Å². The summed E-state index contributed by atoms with van der Waals surface area (Å²) in [7, 11) is -1.72. The fourth-order valence-electron chi connectivity index (χ4n) is 1.33. The number of methoxy groups -OCH3 is 1. The molecule has 0 saturated heterocycles.